The van der Waals surface area contributed by atoms with Gasteiger partial charge in [0.2, 0.25) is 5.91 Å². The van der Waals surface area contributed by atoms with Crippen LogP contribution >= 0.6 is 0 Å². The van der Waals surface area contributed by atoms with Crippen LogP contribution in [0, 0.1) is 0 Å². The van der Waals surface area contributed by atoms with Crippen LogP contribution in [0.4, 0.5) is 4.79 Å². The first-order chi connectivity index (χ1) is 13.8. The highest BCUT2D eigenvalue weighted by atomic mass is 16.6. The molecule has 10 heteroatoms. The number of ether oxygens (including phenoxy) is 3. The van der Waals surface area contributed by atoms with Crippen molar-refractivity contribution in [2.24, 2.45) is 0 Å². The third-order valence-corrected chi connectivity index (χ3v) is 3.36. The molecule has 0 saturated heterocycles. The molecule has 0 rings (SSSR count). The lowest BCUT2D eigenvalue weighted by atomic mass is 10.1. The predicted molar refractivity (Wildman–Crippen MR) is 114 cm³/mol. The average molecular weight is 447 g/mol. The summed E-state index contributed by atoms with van der Waals surface area (Å²) in [5.74, 6) is -2.57. The molecule has 0 fully saturated rings. The fraction of sp³-hybridized carbons (Fsp3) is 0.810. The number of rotatable bonds is 9. The number of aliphatic carboxylic acids is 1. The van der Waals surface area contributed by atoms with Gasteiger partial charge in [-0.3, -0.25) is 4.79 Å². The third-order valence-electron chi connectivity index (χ3n) is 3.36. The van der Waals surface area contributed by atoms with Crippen LogP contribution in [0.3, 0.4) is 0 Å². The lowest BCUT2D eigenvalue weighted by Crippen LogP contribution is -2.48. The highest BCUT2D eigenvalue weighted by Crippen LogP contribution is 2.13. The van der Waals surface area contributed by atoms with Crippen molar-refractivity contribution in [3.8, 4) is 0 Å². The van der Waals surface area contributed by atoms with E-state index in [9.17, 15) is 24.3 Å². The first kappa shape index (κ1) is 28.6. The molecule has 0 radical (unpaired) electrons. The summed E-state index contributed by atoms with van der Waals surface area (Å²) in [7, 11) is 0. The maximum atomic E-state index is 12.5. The minimum atomic E-state index is -1.24. The summed E-state index contributed by atoms with van der Waals surface area (Å²) in [6.45, 7) is 15.1. The van der Waals surface area contributed by atoms with E-state index >= 15 is 0 Å². The Labute approximate surface area is 184 Å². The molecule has 180 valence electrons. The number of nitrogens with one attached hydrogen (secondary N) is 2. The smallest absolute Gasteiger partial charge is 0.408 e. The van der Waals surface area contributed by atoms with Gasteiger partial charge < -0.3 is 30.0 Å². The predicted octanol–water partition coefficient (Wildman–Crippen LogP) is 2.39. The van der Waals surface area contributed by atoms with Gasteiger partial charge in [-0.1, -0.05) is 0 Å². The normalized spacial score (nSPS) is 14.2. The monoisotopic (exact) mass is 446 g/mol. The van der Waals surface area contributed by atoms with Crippen molar-refractivity contribution in [2.45, 2.75) is 104 Å². The van der Waals surface area contributed by atoms with E-state index in [0.717, 1.165) is 0 Å². The van der Waals surface area contributed by atoms with Gasteiger partial charge in [-0.05, 0) is 68.7 Å². The van der Waals surface area contributed by atoms with Crippen LogP contribution in [0.1, 0.15) is 75.2 Å². The molecule has 0 saturated carbocycles. The molecule has 0 bridgehead atoms. The number of esters is 1. The van der Waals surface area contributed by atoms with Crippen molar-refractivity contribution in [1.29, 1.82) is 0 Å². The first-order valence-corrected chi connectivity index (χ1v) is 10.2. The number of hydrogen-bond acceptors (Lipinski definition) is 7. The fourth-order valence-corrected chi connectivity index (χ4v) is 2.12. The van der Waals surface area contributed by atoms with Crippen molar-refractivity contribution < 1.29 is 38.5 Å². The molecule has 0 heterocycles. The minimum Gasteiger partial charge on any atom is -0.480 e. The molecule has 0 aromatic rings. The number of carboxylic acid groups (broad SMARTS) is 1. The number of alkyl carbamates (subject to hydrolysis) is 1. The Hall–Kier alpha value is -2.36. The van der Waals surface area contributed by atoms with E-state index in [-0.39, 0.29) is 19.4 Å². The largest absolute Gasteiger partial charge is 0.480 e. The molecule has 0 aromatic heterocycles. The second kappa shape index (κ2) is 11.3. The number of carbonyl (C=O) groups is 4. The Kier molecular flexibility index (Phi) is 10.5. The summed E-state index contributed by atoms with van der Waals surface area (Å²) in [5, 5.41) is 14.1. The highest BCUT2D eigenvalue weighted by Gasteiger charge is 2.30. The van der Waals surface area contributed by atoms with Crippen LogP contribution in [-0.4, -0.2) is 64.5 Å². The zero-order chi connectivity index (χ0) is 24.6. The number of carbonyl (C=O) groups excluding carboxylic acids is 3. The Morgan fingerprint density at radius 3 is 1.71 bits per heavy atom. The molecule has 31 heavy (non-hydrogen) atoms. The van der Waals surface area contributed by atoms with Crippen molar-refractivity contribution in [2.75, 3.05) is 6.61 Å². The highest BCUT2D eigenvalue weighted by molar-refractivity contribution is 5.85. The summed E-state index contributed by atoms with van der Waals surface area (Å²) >= 11 is 0. The van der Waals surface area contributed by atoms with Crippen molar-refractivity contribution >= 4 is 23.9 Å². The quantitative estimate of drug-likeness (QED) is 0.459. The Morgan fingerprint density at radius 2 is 1.29 bits per heavy atom. The van der Waals surface area contributed by atoms with Gasteiger partial charge in [0, 0.05) is 6.42 Å². The fourth-order valence-electron chi connectivity index (χ4n) is 2.12. The maximum Gasteiger partial charge on any atom is 0.408 e. The van der Waals surface area contributed by atoms with Gasteiger partial charge in [0.05, 0.1) is 12.2 Å². The third kappa shape index (κ3) is 15.1. The second-order valence-corrected chi connectivity index (χ2v) is 10.2. The van der Waals surface area contributed by atoms with Crippen LogP contribution in [0.5, 0.6) is 0 Å². The first-order valence-electron chi connectivity index (χ1n) is 10.2. The van der Waals surface area contributed by atoms with Gasteiger partial charge in [0.15, 0.2) is 6.04 Å². The van der Waals surface area contributed by atoms with Crippen molar-refractivity contribution in [1.82, 2.24) is 10.6 Å². The summed E-state index contributed by atoms with van der Waals surface area (Å²) in [6, 6.07) is -2.39. The van der Waals surface area contributed by atoms with Crippen LogP contribution in [0.2, 0.25) is 0 Å². The molecule has 0 aromatic carbocycles. The molecular formula is C21H38N2O8. The number of amides is 2. The van der Waals surface area contributed by atoms with Gasteiger partial charge in [-0.25, -0.2) is 14.4 Å². The SMILES string of the molecule is CC(C)(C)OC[C@H](NC(=O)CC[C@H](NC(=O)OC(C)(C)C)C(=O)OC(C)(C)C)C(=O)O. The van der Waals surface area contributed by atoms with E-state index in [1.807, 2.05) is 0 Å². The molecule has 2 amide bonds. The number of hydrogen-bond donors (Lipinski definition) is 3. The molecule has 0 aliphatic heterocycles. The van der Waals surface area contributed by atoms with Crippen LogP contribution in [0.25, 0.3) is 0 Å². The summed E-state index contributed by atoms with van der Waals surface area (Å²) in [4.78, 5) is 48.2. The Balaban J connectivity index is 5.08. The summed E-state index contributed by atoms with van der Waals surface area (Å²) in [5.41, 5.74) is -2.15. The minimum absolute atomic E-state index is 0.105. The zero-order valence-electron chi connectivity index (χ0n) is 20.1. The van der Waals surface area contributed by atoms with Gasteiger partial charge >= 0.3 is 18.0 Å². The van der Waals surface area contributed by atoms with Crippen LogP contribution in [0.15, 0.2) is 0 Å². The average Bonchev–Trinajstić information content (AvgIpc) is 2.50. The topological polar surface area (TPSA) is 140 Å². The zero-order valence-corrected chi connectivity index (χ0v) is 20.1. The van der Waals surface area contributed by atoms with E-state index in [2.05, 4.69) is 10.6 Å². The van der Waals surface area contributed by atoms with Crippen molar-refractivity contribution in [3.05, 3.63) is 0 Å². The molecule has 0 unspecified atom stereocenters. The van der Waals surface area contributed by atoms with Gasteiger partial charge in [-0.2, -0.15) is 0 Å². The van der Waals surface area contributed by atoms with E-state index in [1.54, 1.807) is 62.3 Å². The van der Waals surface area contributed by atoms with Crippen molar-refractivity contribution in [3.63, 3.8) is 0 Å². The molecule has 10 nitrogen and oxygen atoms in total. The second-order valence-electron chi connectivity index (χ2n) is 10.2. The van der Waals surface area contributed by atoms with Gasteiger partial charge in [0.25, 0.3) is 0 Å². The van der Waals surface area contributed by atoms with Crippen LogP contribution in [-0.2, 0) is 28.6 Å². The standard InChI is InChI=1S/C21H38N2O8/c1-19(2,3)29-12-14(16(25)26)22-15(24)11-10-13(17(27)30-20(4,5)6)23-18(28)31-21(7,8)9/h13-14H,10-12H2,1-9H3,(H,22,24)(H,23,28)(H,25,26)/t13-,14-/m0/s1. The Morgan fingerprint density at radius 1 is 0.774 bits per heavy atom. The lowest BCUT2D eigenvalue weighted by Gasteiger charge is -2.26. The number of carboxylic acids is 1. The van der Waals surface area contributed by atoms with Crippen LogP contribution < -0.4 is 10.6 Å². The van der Waals surface area contributed by atoms with Gasteiger partial charge in [-0.15, -0.1) is 0 Å². The summed E-state index contributed by atoms with van der Waals surface area (Å²) < 4.78 is 15.9. The maximum absolute atomic E-state index is 12.5. The Bertz CT molecular complexity index is 641. The molecule has 0 aliphatic rings. The molecular weight excluding hydrogens is 408 g/mol. The van der Waals surface area contributed by atoms with E-state index in [4.69, 9.17) is 14.2 Å². The molecule has 0 aliphatic carbocycles. The molecule has 2 atom stereocenters. The summed E-state index contributed by atoms with van der Waals surface area (Å²) in [6.07, 6.45) is -1.16. The van der Waals surface area contributed by atoms with E-state index in [1.165, 1.54) is 0 Å². The lowest BCUT2D eigenvalue weighted by molar-refractivity contribution is -0.157. The molecule has 0 spiro atoms. The molecule has 3 N–H and O–H groups in total. The van der Waals surface area contributed by atoms with E-state index in [0.29, 0.717) is 0 Å². The van der Waals surface area contributed by atoms with Gasteiger partial charge in [0.1, 0.15) is 17.2 Å². The van der Waals surface area contributed by atoms with E-state index < -0.39 is 52.8 Å².